The summed E-state index contributed by atoms with van der Waals surface area (Å²) >= 11 is 0. The van der Waals surface area contributed by atoms with Crippen LogP contribution in [0.15, 0.2) is 18.2 Å². The number of carbonyl (C=O) groups excluding carboxylic acids is 2. The minimum Gasteiger partial charge on any atom is -0.487 e. The molecular weight excluding hydrogens is 408 g/mol. The third-order valence-corrected chi connectivity index (χ3v) is 7.63. The number of nitrogens with one attached hydrogen (secondary N) is 2. The van der Waals surface area contributed by atoms with Gasteiger partial charge in [0.15, 0.2) is 0 Å². The van der Waals surface area contributed by atoms with Gasteiger partial charge in [0.2, 0.25) is 11.8 Å². The molecule has 174 valence electrons. The maximum atomic E-state index is 12.7. The van der Waals surface area contributed by atoms with Gasteiger partial charge in [0.05, 0.1) is 19.1 Å². The van der Waals surface area contributed by atoms with Crippen LogP contribution in [-0.4, -0.2) is 47.9 Å². The van der Waals surface area contributed by atoms with Gasteiger partial charge in [0.25, 0.3) is 0 Å². The van der Waals surface area contributed by atoms with Gasteiger partial charge in [-0.3, -0.25) is 9.59 Å². The van der Waals surface area contributed by atoms with E-state index in [0.29, 0.717) is 12.8 Å². The fraction of sp³-hybridized carbons (Fsp3) is 0.680. The van der Waals surface area contributed by atoms with Crippen LogP contribution in [0.4, 0.5) is 5.69 Å². The molecule has 2 heterocycles. The molecule has 3 N–H and O–H groups in total. The summed E-state index contributed by atoms with van der Waals surface area (Å²) in [6.07, 6.45) is 8.71. The fourth-order valence-electron chi connectivity index (χ4n) is 5.62. The predicted octanol–water partition coefficient (Wildman–Crippen LogP) is 3.26. The van der Waals surface area contributed by atoms with Gasteiger partial charge in [-0.25, -0.2) is 0 Å². The minimum absolute atomic E-state index is 0.0256. The van der Waals surface area contributed by atoms with Crippen LogP contribution >= 0.6 is 0 Å². The number of hydrogen-bond donors (Lipinski definition) is 3. The summed E-state index contributed by atoms with van der Waals surface area (Å²) in [6.45, 7) is -0.152. The van der Waals surface area contributed by atoms with Gasteiger partial charge >= 0.3 is 0 Å². The molecule has 2 aliphatic carbocycles. The molecule has 2 aliphatic heterocycles. The highest BCUT2D eigenvalue weighted by molar-refractivity contribution is 5.93. The number of amides is 2. The average molecular weight is 443 g/mol. The first kappa shape index (κ1) is 21.7. The zero-order chi connectivity index (χ0) is 22.1. The Balaban J connectivity index is 1.26. The number of aliphatic hydroxyl groups excluding tert-OH is 1. The standard InChI is InChI=1S/C25H34N2O5/c28-14-22-24-20(12-18(31-22)13-23(29)26-16-7-2-1-3-8-16)19-11-17(9-10-21(19)32-24)27-25(30)15-5-4-6-15/h9-11,15-16,18,20,22,24,28H,1-8,12-14H2,(H,26,29)(H,27,30)/t18-,20-,22+,24+/m1/s1. The third-order valence-electron chi connectivity index (χ3n) is 7.63. The van der Waals surface area contributed by atoms with Gasteiger partial charge in [0.1, 0.15) is 18.0 Å². The summed E-state index contributed by atoms with van der Waals surface area (Å²) in [4.78, 5) is 25.0. The molecule has 4 aliphatic rings. The second-order valence-electron chi connectivity index (χ2n) is 9.88. The Morgan fingerprint density at radius 1 is 1.06 bits per heavy atom. The number of carbonyl (C=O) groups is 2. The van der Waals surface area contributed by atoms with E-state index in [4.69, 9.17) is 9.47 Å². The number of hydrogen-bond acceptors (Lipinski definition) is 5. The van der Waals surface area contributed by atoms with Crippen molar-refractivity contribution < 1.29 is 24.2 Å². The lowest BCUT2D eigenvalue weighted by Crippen LogP contribution is -2.48. The van der Waals surface area contributed by atoms with Crippen LogP contribution < -0.4 is 15.4 Å². The van der Waals surface area contributed by atoms with Crippen molar-refractivity contribution in [2.75, 3.05) is 11.9 Å². The molecule has 2 saturated carbocycles. The maximum Gasteiger partial charge on any atom is 0.227 e. The smallest absolute Gasteiger partial charge is 0.227 e. The van der Waals surface area contributed by atoms with Crippen molar-refractivity contribution in [3.05, 3.63) is 23.8 Å². The van der Waals surface area contributed by atoms with Crippen LogP contribution in [0.25, 0.3) is 0 Å². The first-order valence-corrected chi connectivity index (χ1v) is 12.3. The van der Waals surface area contributed by atoms with E-state index in [1.165, 1.54) is 19.3 Å². The van der Waals surface area contributed by atoms with Crippen molar-refractivity contribution in [1.82, 2.24) is 5.32 Å². The molecule has 0 spiro atoms. The van der Waals surface area contributed by atoms with E-state index in [2.05, 4.69) is 10.6 Å². The SMILES string of the molecule is O=C(C[C@H]1C[C@@H]2c3cc(NC(=O)C4CCC4)ccc3O[C@@H]2[C@H](CO)O1)NC1CCCCC1. The van der Waals surface area contributed by atoms with Crippen molar-refractivity contribution in [1.29, 1.82) is 0 Å². The summed E-state index contributed by atoms with van der Waals surface area (Å²) in [5.41, 5.74) is 1.81. The molecule has 5 rings (SSSR count). The van der Waals surface area contributed by atoms with Crippen molar-refractivity contribution in [2.45, 2.75) is 94.5 Å². The maximum absolute atomic E-state index is 12.7. The van der Waals surface area contributed by atoms with Gasteiger partial charge in [-0.2, -0.15) is 0 Å². The number of anilines is 1. The quantitative estimate of drug-likeness (QED) is 0.628. The van der Waals surface area contributed by atoms with Gasteiger partial charge in [-0.15, -0.1) is 0 Å². The molecule has 4 atom stereocenters. The van der Waals surface area contributed by atoms with Gasteiger partial charge in [0, 0.05) is 29.1 Å². The lowest BCUT2D eigenvalue weighted by Gasteiger charge is -2.37. The van der Waals surface area contributed by atoms with Crippen molar-refractivity contribution in [3.8, 4) is 5.75 Å². The van der Waals surface area contributed by atoms with Gasteiger partial charge in [-0.05, 0) is 50.3 Å². The molecule has 3 fully saturated rings. The van der Waals surface area contributed by atoms with Crippen LogP contribution in [-0.2, 0) is 14.3 Å². The molecule has 7 nitrogen and oxygen atoms in total. The number of fused-ring (bicyclic) bond motifs is 3. The van der Waals surface area contributed by atoms with E-state index in [9.17, 15) is 14.7 Å². The Morgan fingerprint density at radius 3 is 2.59 bits per heavy atom. The molecule has 0 radical (unpaired) electrons. The number of aliphatic hydroxyl groups is 1. The van der Waals surface area contributed by atoms with E-state index in [1.807, 2.05) is 18.2 Å². The van der Waals surface area contributed by atoms with E-state index in [-0.39, 0.29) is 48.5 Å². The molecule has 32 heavy (non-hydrogen) atoms. The summed E-state index contributed by atoms with van der Waals surface area (Å²) in [5, 5.41) is 16.1. The highest BCUT2D eigenvalue weighted by atomic mass is 16.6. The van der Waals surface area contributed by atoms with Crippen LogP contribution in [0.1, 0.15) is 75.7 Å². The Bertz CT molecular complexity index is 849. The largest absolute Gasteiger partial charge is 0.487 e. The van der Waals surface area contributed by atoms with Crippen LogP contribution in [0.5, 0.6) is 5.75 Å². The highest BCUT2D eigenvalue weighted by Crippen LogP contribution is 2.47. The van der Waals surface area contributed by atoms with E-state index in [0.717, 1.165) is 49.1 Å². The lowest BCUT2D eigenvalue weighted by molar-refractivity contribution is -0.142. The van der Waals surface area contributed by atoms with Crippen LogP contribution in [0.2, 0.25) is 0 Å². The summed E-state index contributed by atoms with van der Waals surface area (Å²) in [5.74, 6) is 1.04. The van der Waals surface area contributed by atoms with Crippen LogP contribution in [0.3, 0.4) is 0 Å². The first-order chi connectivity index (χ1) is 15.6. The molecule has 1 aromatic rings. The van der Waals surface area contributed by atoms with Crippen LogP contribution in [0, 0.1) is 5.92 Å². The molecule has 7 heteroatoms. The molecule has 1 saturated heterocycles. The predicted molar refractivity (Wildman–Crippen MR) is 120 cm³/mol. The molecule has 0 bridgehead atoms. The molecular formula is C25H34N2O5. The summed E-state index contributed by atoms with van der Waals surface area (Å²) in [6, 6.07) is 6.04. The van der Waals surface area contributed by atoms with Gasteiger partial charge < -0.3 is 25.2 Å². The number of ether oxygens (including phenoxy) is 2. The molecule has 0 aromatic heterocycles. The average Bonchev–Trinajstić information content (AvgIpc) is 3.10. The Kier molecular flexibility index (Phi) is 6.37. The van der Waals surface area contributed by atoms with Crippen molar-refractivity contribution in [2.24, 2.45) is 5.92 Å². The summed E-state index contributed by atoms with van der Waals surface area (Å²) < 4.78 is 12.2. The molecule has 2 amide bonds. The first-order valence-electron chi connectivity index (χ1n) is 12.3. The molecule has 1 aromatic carbocycles. The van der Waals surface area contributed by atoms with E-state index in [1.54, 1.807) is 0 Å². The lowest BCUT2D eigenvalue weighted by atomic mass is 9.83. The fourth-order valence-corrected chi connectivity index (χ4v) is 5.62. The van der Waals surface area contributed by atoms with E-state index >= 15 is 0 Å². The topological polar surface area (TPSA) is 96.9 Å². The minimum atomic E-state index is -0.471. The van der Waals surface area contributed by atoms with Crippen molar-refractivity contribution in [3.63, 3.8) is 0 Å². The molecule has 0 unspecified atom stereocenters. The van der Waals surface area contributed by atoms with Gasteiger partial charge in [-0.1, -0.05) is 25.7 Å². The zero-order valence-corrected chi connectivity index (χ0v) is 18.6. The Hall–Kier alpha value is -2.12. The Morgan fingerprint density at radius 2 is 1.88 bits per heavy atom. The zero-order valence-electron chi connectivity index (χ0n) is 18.6. The third kappa shape index (κ3) is 4.50. The Labute approximate surface area is 189 Å². The summed E-state index contributed by atoms with van der Waals surface area (Å²) in [7, 11) is 0. The monoisotopic (exact) mass is 442 g/mol. The number of benzene rings is 1. The second-order valence-corrected chi connectivity index (χ2v) is 9.88. The number of rotatable bonds is 6. The van der Waals surface area contributed by atoms with E-state index < -0.39 is 6.10 Å². The highest BCUT2D eigenvalue weighted by Gasteiger charge is 2.46. The normalized spacial score (nSPS) is 29.9. The van der Waals surface area contributed by atoms with Crippen molar-refractivity contribution >= 4 is 17.5 Å². The second kappa shape index (κ2) is 9.40.